The molecule has 0 bridgehead atoms. The Kier molecular flexibility index (Phi) is 4.28. The van der Waals surface area contributed by atoms with E-state index >= 15 is 0 Å². The van der Waals surface area contributed by atoms with E-state index in [0.29, 0.717) is 12.1 Å². The molecule has 0 aliphatic rings. The van der Waals surface area contributed by atoms with Crippen molar-refractivity contribution in [2.75, 3.05) is 0 Å². The summed E-state index contributed by atoms with van der Waals surface area (Å²) in [7, 11) is -1.97. The summed E-state index contributed by atoms with van der Waals surface area (Å²) in [5.41, 5.74) is 1.64. The topological polar surface area (TPSA) is 68.2 Å². The van der Waals surface area contributed by atoms with Gasteiger partial charge in [0, 0.05) is 18.9 Å². The highest BCUT2D eigenvalue weighted by atomic mass is 32.2. The maximum Gasteiger partial charge on any atom is 0.221 e. The maximum atomic E-state index is 12.6. The number of carbonyl (C=O) groups excluding carboxylic acids is 1. The number of sulfone groups is 1. The lowest BCUT2D eigenvalue weighted by Crippen LogP contribution is -2.19. The molecule has 1 aromatic heterocycles. The molecule has 0 saturated heterocycles. The van der Waals surface area contributed by atoms with Gasteiger partial charge in [-0.15, -0.1) is 0 Å². The number of rotatable bonds is 5. The minimum atomic E-state index is -3.77. The van der Waals surface area contributed by atoms with Crippen molar-refractivity contribution in [3.05, 3.63) is 58.9 Å². The number of aromatic nitrogens is 1. The summed E-state index contributed by atoms with van der Waals surface area (Å²) >= 11 is 0. The number of benzene rings is 1. The molecule has 0 atom stereocenters. The molecule has 2 rings (SSSR count). The van der Waals surface area contributed by atoms with Crippen LogP contribution in [0.15, 0.2) is 52.5 Å². The quantitative estimate of drug-likeness (QED) is 0.857. The first-order valence-corrected chi connectivity index (χ1v) is 7.78. The molecule has 5 nitrogen and oxygen atoms in total. The summed E-state index contributed by atoms with van der Waals surface area (Å²) in [5, 5.41) is 2.13. The normalized spacial score (nSPS) is 12.2. The van der Waals surface area contributed by atoms with Crippen molar-refractivity contribution in [1.82, 2.24) is 9.88 Å². The summed E-state index contributed by atoms with van der Waals surface area (Å²) in [4.78, 5) is 10.9. The van der Waals surface area contributed by atoms with Crippen molar-refractivity contribution >= 4 is 22.3 Å². The third kappa shape index (κ3) is 3.22. The molecule has 21 heavy (non-hydrogen) atoms. The predicted octanol–water partition coefficient (Wildman–Crippen LogP) is 1.85. The van der Waals surface area contributed by atoms with Crippen molar-refractivity contribution < 1.29 is 13.2 Å². The number of nitrogens with one attached hydrogen (secondary N) is 1. The zero-order valence-electron chi connectivity index (χ0n) is 11.8. The average molecular weight is 304 g/mol. The molecule has 1 amide bonds. The van der Waals surface area contributed by atoms with Gasteiger partial charge in [0.05, 0.1) is 4.90 Å². The van der Waals surface area contributed by atoms with Gasteiger partial charge in [0.2, 0.25) is 16.2 Å². The zero-order chi connectivity index (χ0) is 15.5. The van der Waals surface area contributed by atoms with Crippen LogP contribution in [0.1, 0.15) is 11.3 Å². The van der Waals surface area contributed by atoms with Crippen LogP contribution < -0.4 is 5.32 Å². The number of carbonyl (C=O) groups is 1. The molecule has 0 saturated carbocycles. The molecule has 1 aromatic carbocycles. The molecule has 0 aliphatic heterocycles. The van der Waals surface area contributed by atoms with Crippen LogP contribution in [0.4, 0.5) is 0 Å². The Bertz CT molecular complexity index is 772. The fraction of sp³-hybridized carbons (Fsp3) is 0.133. The fourth-order valence-corrected chi connectivity index (χ4v) is 3.09. The second-order valence-corrected chi connectivity index (χ2v) is 6.55. The van der Waals surface area contributed by atoms with Gasteiger partial charge in [-0.1, -0.05) is 17.7 Å². The third-order valence-corrected chi connectivity index (χ3v) is 4.79. The summed E-state index contributed by atoms with van der Waals surface area (Å²) < 4.78 is 26.9. The van der Waals surface area contributed by atoms with Crippen LogP contribution in [0.2, 0.25) is 0 Å². The fourth-order valence-electron chi connectivity index (χ4n) is 1.86. The highest BCUT2D eigenvalue weighted by Crippen LogP contribution is 2.20. The smallest absolute Gasteiger partial charge is 0.221 e. The minimum absolute atomic E-state index is 0.142. The van der Waals surface area contributed by atoms with E-state index in [2.05, 4.69) is 5.32 Å². The Morgan fingerprint density at radius 2 is 1.86 bits per heavy atom. The van der Waals surface area contributed by atoms with Gasteiger partial charge < -0.3 is 9.88 Å². The van der Waals surface area contributed by atoms with E-state index in [1.165, 1.54) is 18.2 Å². The molecule has 0 unspecified atom stereocenters. The van der Waals surface area contributed by atoms with E-state index in [0.717, 1.165) is 5.56 Å². The second-order valence-electron chi connectivity index (χ2n) is 4.63. The number of amides is 1. The van der Waals surface area contributed by atoms with Gasteiger partial charge in [-0.2, -0.15) is 0 Å². The molecule has 2 aromatic rings. The second kappa shape index (κ2) is 5.97. The largest absolute Gasteiger partial charge is 0.351 e. The van der Waals surface area contributed by atoms with Crippen LogP contribution in [0.5, 0.6) is 0 Å². The van der Waals surface area contributed by atoms with Crippen molar-refractivity contribution in [1.29, 1.82) is 0 Å². The van der Waals surface area contributed by atoms with E-state index in [4.69, 9.17) is 0 Å². The van der Waals surface area contributed by atoms with E-state index in [9.17, 15) is 13.2 Å². The molecule has 6 heteroatoms. The molecule has 0 aliphatic carbocycles. The van der Waals surface area contributed by atoms with Gasteiger partial charge in [-0.05, 0) is 37.3 Å². The third-order valence-electron chi connectivity index (χ3n) is 3.08. The van der Waals surface area contributed by atoms with Crippen LogP contribution in [0.25, 0.3) is 6.08 Å². The Balaban J connectivity index is 2.51. The van der Waals surface area contributed by atoms with Crippen LogP contribution in [0, 0.1) is 6.92 Å². The van der Waals surface area contributed by atoms with Gasteiger partial charge in [0.15, 0.2) is 0 Å². The number of aryl methyl sites for hydroxylation is 2. The lowest BCUT2D eigenvalue weighted by Gasteiger charge is -2.09. The number of nitrogens with zero attached hydrogens (tertiary/aromatic N) is 1. The van der Waals surface area contributed by atoms with Crippen molar-refractivity contribution in [3.8, 4) is 0 Å². The first kappa shape index (κ1) is 15.1. The predicted molar refractivity (Wildman–Crippen MR) is 81.0 cm³/mol. The highest BCUT2D eigenvalue weighted by Gasteiger charge is 2.20. The summed E-state index contributed by atoms with van der Waals surface area (Å²) in [6, 6.07) is 10.0. The Morgan fingerprint density at radius 3 is 2.38 bits per heavy atom. The van der Waals surface area contributed by atoms with Crippen molar-refractivity contribution in [2.24, 2.45) is 7.05 Å². The molecule has 1 N–H and O–H groups in total. The van der Waals surface area contributed by atoms with E-state index in [1.807, 2.05) is 6.92 Å². The van der Waals surface area contributed by atoms with Gasteiger partial charge in [-0.25, -0.2) is 8.42 Å². The van der Waals surface area contributed by atoms with Gasteiger partial charge in [0.1, 0.15) is 5.03 Å². The lowest BCUT2D eigenvalue weighted by molar-refractivity contribution is -0.108. The van der Waals surface area contributed by atoms with Crippen LogP contribution in [-0.2, 0) is 21.7 Å². The van der Waals surface area contributed by atoms with Gasteiger partial charge in [0.25, 0.3) is 0 Å². The first-order chi connectivity index (χ1) is 9.95. The summed E-state index contributed by atoms with van der Waals surface area (Å²) in [6.07, 6.45) is 3.59. The van der Waals surface area contributed by atoms with E-state index in [-0.39, 0.29) is 9.92 Å². The molecule has 0 radical (unpaired) electrons. The molecule has 0 spiro atoms. The van der Waals surface area contributed by atoms with Crippen LogP contribution in [0.3, 0.4) is 0 Å². The van der Waals surface area contributed by atoms with Gasteiger partial charge in [-0.3, -0.25) is 4.79 Å². The number of hydrogen-bond donors (Lipinski definition) is 1. The average Bonchev–Trinajstić information content (AvgIpc) is 2.84. The lowest BCUT2D eigenvalue weighted by atomic mass is 10.2. The van der Waals surface area contributed by atoms with E-state index < -0.39 is 9.84 Å². The van der Waals surface area contributed by atoms with Crippen LogP contribution >= 0.6 is 0 Å². The minimum Gasteiger partial charge on any atom is -0.351 e. The highest BCUT2D eigenvalue weighted by molar-refractivity contribution is 7.95. The van der Waals surface area contributed by atoms with Gasteiger partial charge >= 0.3 is 0 Å². The Labute approximate surface area is 123 Å². The Morgan fingerprint density at radius 1 is 1.19 bits per heavy atom. The SMILES string of the molecule is Cc1ccc(S(=O)(=O)/C(=C/c2cccn2C)NC=O)cc1. The van der Waals surface area contributed by atoms with Crippen molar-refractivity contribution in [3.63, 3.8) is 0 Å². The summed E-state index contributed by atoms with van der Waals surface area (Å²) in [6.45, 7) is 1.88. The standard InChI is InChI=1S/C15H16N2O3S/c1-12-5-7-14(8-6-12)21(19,20)15(16-11-18)10-13-4-3-9-17(13)2/h3-11H,1-2H3,(H,16,18)/b15-10+. The summed E-state index contributed by atoms with van der Waals surface area (Å²) in [5.74, 6) is 0. The molecular formula is C15H16N2O3S. The van der Waals surface area contributed by atoms with Crippen LogP contribution in [-0.4, -0.2) is 19.4 Å². The molecule has 110 valence electrons. The molecular weight excluding hydrogens is 288 g/mol. The van der Waals surface area contributed by atoms with Crippen molar-refractivity contribution in [2.45, 2.75) is 11.8 Å². The molecule has 0 fully saturated rings. The van der Waals surface area contributed by atoms with E-state index in [1.54, 1.807) is 42.1 Å². The molecule has 1 heterocycles. The number of hydrogen-bond acceptors (Lipinski definition) is 3. The first-order valence-electron chi connectivity index (χ1n) is 6.30. The maximum absolute atomic E-state index is 12.6. The monoisotopic (exact) mass is 304 g/mol. The Hall–Kier alpha value is -2.34. The zero-order valence-corrected chi connectivity index (χ0v) is 12.6.